The first kappa shape index (κ1) is 14.2. The first-order valence-electron chi connectivity index (χ1n) is 6.63. The highest BCUT2D eigenvalue weighted by Gasteiger charge is 2.04. The highest BCUT2D eigenvalue weighted by Crippen LogP contribution is 2.15. The molecule has 1 aromatic carbocycles. The lowest BCUT2D eigenvalue weighted by atomic mass is 10.2. The molecule has 2 aromatic heterocycles. The predicted molar refractivity (Wildman–Crippen MR) is 91.1 cm³/mol. The second-order valence-electron chi connectivity index (χ2n) is 4.87. The largest absolute Gasteiger partial charge is 0.378 e. The third kappa shape index (κ3) is 2.96. The van der Waals surface area contributed by atoms with Crippen molar-refractivity contribution >= 4 is 41.1 Å². The van der Waals surface area contributed by atoms with Crippen LogP contribution < -0.4 is 10.3 Å². The maximum absolute atomic E-state index is 5.06. The highest BCUT2D eigenvalue weighted by molar-refractivity contribution is 7.71. The number of aromatic nitrogens is 4. The summed E-state index contributed by atoms with van der Waals surface area (Å²) in [7, 11) is 4.01. The molecule has 0 spiro atoms. The summed E-state index contributed by atoms with van der Waals surface area (Å²) in [6.07, 6.45) is 3.30. The molecule has 0 saturated carbocycles. The summed E-state index contributed by atoms with van der Waals surface area (Å²) in [5.74, 6) is 0.633. The predicted octanol–water partition coefficient (Wildman–Crippen LogP) is 2.53. The molecule has 0 bridgehead atoms. The van der Waals surface area contributed by atoms with Crippen LogP contribution in [0.3, 0.4) is 0 Å². The quantitative estimate of drug-likeness (QED) is 0.391. The number of fused-ring (bicyclic) bond motifs is 1. The third-order valence-corrected chi connectivity index (χ3v) is 3.30. The Morgan fingerprint density at radius 1 is 1.27 bits per heavy atom. The zero-order valence-electron chi connectivity index (χ0n) is 12.2. The van der Waals surface area contributed by atoms with Gasteiger partial charge in [0.1, 0.15) is 5.52 Å². The van der Waals surface area contributed by atoms with E-state index in [2.05, 4.69) is 30.5 Å². The number of nitrogens with zero attached hydrogens (tertiary/aromatic N) is 4. The lowest BCUT2D eigenvalue weighted by Gasteiger charge is -2.11. The van der Waals surface area contributed by atoms with E-state index in [1.54, 1.807) is 12.5 Å². The minimum atomic E-state index is 0.354. The summed E-state index contributed by atoms with van der Waals surface area (Å²) in [6.45, 7) is 0. The number of rotatable bonds is 4. The SMILES string of the molecule is CN(C)c1ccc(C=NNc2[nH]c(=S)nc3nc[nH]c23)cc1. The molecule has 0 aliphatic rings. The smallest absolute Gasteiger partial charge is 0.200 e. The van der Waals surface area contributed by atoms with Crippen LogP contribution in [0.15, 0.2) is 35.7 Å². The van der Waals surface area contributed by atoms with Crippen molar-refractivity contribution in [2.45, 2.75) is 0 Å². The number of anilines is 2. The van der Waals surface area contributed by atoms with Crippen LogP contribution in [-0.2, 0) is 0 Å². The van der Waals surface area contributed by atoms with Crippen LogP contribution >= 0.6 is 12.2 Å². The van der Waals surface area contributed by atoms with Gasteiger partial charge < -0.3 is 14.9 Å². The highest BCUT2D eigenvalue weighted by atomic mass is 32.1. The van der Waals surface area contributed by atoms with Crippen molar-refractivity contribution in [3.63, 3.8) is 0 Å². The molecule has 0 aliphatic carbocycles. The average molecular weight is 313 g/mol. The molecule has 0 amide bonds. The van der Waals surface area contributed by atoms with Gasteiger partial charge in [-0.15, -0.1) is 0 Å². The standard InChI is InChI=1S/C14H15N7S/c1-21(2)10-5-3-9(4-6-10)7-17-20-13-11-12(16-8-15-11)18-14(22)19-13/h3-8H,1-2H3,(H3,15,16,18,19,20,22). The van der Waals surface area contributed by atoms with Crippen LogP contribution in [0.2, 0.25) is 0 Å². The molecule has 2 heterocycles. The molecule has 0 saturated heterocycles. The van der Waals surface area contributed by atoms with E-state index in [0.29, 0.717) is 16.2 Å². The molecule has 22 heavy (non-hydrogen) atoms. The molecule has 3 aromatic rings. The number of aromatic amines is 2. The number of imidazole rings is 1. The summed E-state index contributed by atoms with van der Waals surface area (Å²) in [6, 6.07) is 8.07. The molecular formula is C14H15N7S. The van der Waals surface area contributed by atoms with Crippen molar-refractivity contribution < 1.29 is 0 Å². The van der Waals surface area contributed by atoms with Gasteiger partial charge in [0.25, 0.3) is 0 Å². The van der Waals surface area contributed by atoms with E-state index < -0.39 is 0 Å². The van der Waals surface area contributed by atoms with E-state index in [4.69, 9.17) is 12.2 Å². The molecule has 8 heteroatoms. The lowest BCUT2D eigenvalue weighted by molar-refractivity contribution is 1.13. The van der Waals surface area contributed by atoms with Crippen LogP contribution in [0.4, 0.5) is 11.5 Å². The van der Waals surface area contributed by atoms with Crippen LogP contribution in [0.25, 0.3) is 11.2 Å². The zero-order valence-corrected chi connectivity index (χ0v) is 13.0. The van der Waals surface area contributed by atoms with Gasteiger partial charge in [0.05, 0.1) is 12.5 Å². The normalized spacial score (nSPS) is 11.2. The van der Waals surface area contributed by atoms with Crippen molar-refractivity contribution in [2.24, 2.45) is 5.10 Å². The van der Waals surface area contributed by atoms with Crippen molar-refractivity contribution in [3.8, 4) is 0 Å². The van der Waals surface area contributed by atoms with Gasteiger partial charge in [0.2, 0.25) is 4.77 Å². The van der Waals surface area contributed by atoms with E-state index in [-0.39, 0.29) is 0 Å². The number of benzene rings is 1. The van der Waals surface area contributed by atoms with E-state index in [0.717, 1.165) is 16.8 Å². The maximum Gasteiger partial charge on any atom is 0.200 e. The Hall–Kier alpha value is -2.74. The van der Waals surface area contributed by atoms with Gasteiger partial charge in [-0.2, -0.15) is 10.1 Å². The van der Waals surface area contributed by atoms with Gasteiger partial charge in [-0.05, 0) is 29.9 Å². The molecular weight excluding hydrogens is 298 g/mol. The Bertz CT molecular complexity index is 861. The average Bonchev–Trinajstić information content (AvgIpc) is 2.96. The first-order valence-corrected chi connectivity index (χ1v) is 7.04. The number of nitrogens with one attached hydrogen (secondary N) is 3. The van der Waals surface area contributed by atoms with Crippen LogP contribution in [-0.4, -0.2) is 40.2 Å². The van der Waals surface area contributed by atoms with Crippen molar-refractivity contribution in [2.75, 3.05) is 24.4 Å². The zero-order chi connectivity index (χ0) is 15.5. The van der Waals surface area contributed by atoms with Gasteiger partial charge in [-0.1, -0.05) is 12.1 Å². The number of hydrogen-bond donors (Lipinski definition) is 3. The van der Waals surface area contributed by atoms with Crippen molar-refractivity contribution in [3.05, 3.63) is 40.9 Å². The van der Waals surface area contributed by atoms with Gasteiger partial charge in [0.15, 0.2) is 11.5 Å². The molecule has 0 unspecified atom stereocenters. The fourth-order valence-corrected chi connectivity index (χ4v) is 2.15. The molecule has 0 atom stereocenters. The Balaban J connectivity index is 1.78. The van der Waals surface area contributed by atoms with E-state index in [1.165, 1.54) is 0 Å². The van der Waals surface area contributed by atoms with Gasteiger partial charge in [0, 0.05) is 19.8 Å². The Labute approximate surface area is 132 Å². The van der Waals surface area contributed by atoms with Gasteiger partial charge in [-0.3, -0.25) is 5.43 Å². The number of hydrogen-bond acceptors (Lipinski definition) is 6. The van der Waals surface area contributed by atoms with E-state index in [1.807, 2.05) is 43.3 Å². The summed E-state index contributed by atoms with van der Waals surface area (Å²) in [5, 5.41) is 4.22. The van der Waals surface area contributed by atoms with E-state index >= 15 is 0 Å². The van der Waals surface area contributed by atoms with Gasteiger partial charge >= 0.3 is 0 Å². The monoisotopic (exact) mass is 313 g/mol. The summed E-state index contributed by atoms with van der Waals surface area (Å²) < 4.78 is 0.354. The maximum atomic E-state index is 5.06. The lowest BCUT2D eigenvalue weighted by Crippen LogP contribution is -2.08. The molecule has 0 aliphatic heterocycles. The second-order valence-corrected chi connectivity index (χ2v) is 5.26. The van der Waals surface area contributed by atoms with E-state index in [9.17, 15) is 0 Å². The minimum absolute atomic E-state index is 0.354. The van der Waals surface area contributed by atoms with Crippen molar-refractivity contribution in [1.29, 1.82) is 0 Å². The second kappa shape index (κ2) is 5.94. The van der Waals surface area contributed by atoms with Gasteiger partial charge in [-0.25, -0.2) is 4.98 Å². The fourth-order valence-electron chi connectivity index (χ4n) is 1.96. The summed E-state index contributed by atoms with van der Waals surface area (Å²) in [5.41, 5.74) is 6.34. The number of H-pyrrole nitrogens is 2. The summed E-state index contributed by atoms with van der Waals surface area (Å²) >= 11 is 5.06. The van der Waals surface area contributed by atoms with Crippen LogP contribution in [0, 0.1) is 4.77 Å². The molecule has 112 valence electrons. The molecule has 3 N–H and O–H groups in total. The Morgan fingerprint density at radius 3 is 2.77 bits per heavy atom. The fraction of sp³-hybridized carbons (Fsp3) is 0.143. The third-order valence-electron chi connectivity index (χ3n) is 3.11. The Morgan fingerprint density at radius 2 is 2.05 bits per heavy atom. The molecule has 0 radical (unpaired) electrons. The van der Waals surface area contributed by atoms with Crippen LogP contribution in [0.1, 0.15) is 5.56 Å². The Kier molecular flexibility index (Phi) is 3.84. The summed E-state index contributed by atoms with van der Waals surface area (Å²) in [4.78, 5) is 16.2. The molecule has 0 fully saturated rings. The van der Waals surface area contributed by atoms with Crippen LogP contribution in [0.5, 0.6) is 0 Å². The van der Waals surface area contributed by atoms with Crippen molar-refractivity contribution in [1.82, 2.24) is 19.9 Å². The topological polar surface area (TPSA) is 85.0 Å². The molecule has 7 nitrogen and oxygen atoms in total. The minimum Gasteiger partial charge on any atom is -0.378 e. The molecule has 3 rings (SSSR count). The number of hydrazone groups is 1. The first-order chi connectivity index (χ1) is 10.6.